The van der Waals surface area contributed by atoms with Crippen molar-refractivity contribution < 1.29 is 14.3 Å². The molecule has 0 aliphatic carbocycles. The van der Waals surface area contributed by atoms with Crippen LogP contribution in [0.5, 0.6) is 0 Å². The Balaban J connectivity index is 1.97. The van der Waals surface area contributed by atoms with E-state index in [0.717, 1.165) is 17.5 Å². The maximum absolute atomic E-state index is 12.7. The highest BCUT2D eigenvalue weighted by molar-refractivity contribution is 5.96. The van der Waals surface area contributed by atoms with Gasteiger partial charge in [-0.05, 0) is 36.1 Å². The van der Waals surface area contributed by atoms with Gasteiger partial charge in [0.05, 0.1) is 0 Å². The second-order valence-corrected chi connectivity index (χ2v) is 6.43. The Labute approximate surface area is 154 Å². The molecule has 0 saturated heterocycles. The summed E-state index contributed by atoms with van der Waals surface area (Å²) in [6.07, 6.45) is 0.156. The quantitative estimate of drug-likeness (QED) is 0.780. The summed E-state index contributed by atoms with van der Waals surface area (Å²) in [5.41, 5.74) is 2.66. The van der Waals surface area contributed by atoms with Gasteiger partial charge in [-0.2, -0.15) is 0 Å². The van der Waals surface area contributed by atoms with Crippen molar-refractivity contribution in [1.29, 1.82) is 0 Å². The lowest BCUT2D eigenvalue weighted by Gasteiger charge is -2.23. The van der Waals surface area contributed by atoms with Crippen molar-refractivity contribution in [2.45, 2.75) is 39.8 Å². The smallest absolute Gasteiger partial charge is 0.408 e. The number of carbonyl (C=O) groups excluding carboxylic acids is 2. The summed E-state index contributed by atoms with van der Waals surface area (Å²) in [6.45, 7) is 6.03. The van der Waals surface area contributed by atoms with E-state index in [9.17, 15) is 9.59 Å². The van der Waals surface area contributed by atoms with E-state index in [2.05, 4.69) is 10.6 Å². The average Bonchev–Trinajstić information content (AvgIpc) is 2.64. The van der Waals surface area contributed by atoms with E-state index in [1.807, 2.05) is 75.4 Å². The first kappa shape index (κ1) is 19.5. The molecule has 26 heavy (non-hydrogen) atoms. The molecule has 0 unspecified atom stereocenters. The number of carbonyl (C=O) groups is 2. The lowest BCUT2D eigenvalue weighted by atomic mass is 9.98. The molecular weight excluding hydrogens is 328 g/mol. The Morgan fingerprint density at radius 3 is 2.46 bits per heavy atom. The monoisotopic (exact) mass is 354 g/mol. The topological polar surface area (TPSA) is 67.4 Å². The zero-order valence-corrected chi connectivity index (χ0v) is 15.5. The van der Waals surface area contributed by atoms with Gasteiger partial charge >= 0.3 is 6.09 Å². The minimum Gasteiger partial charge on any atom is -0.445 e. The molecule has 2 rings (SSSR count). The van der Waals surface area contributed by atoms with Crippen molar-refractivity contribution in [3.05, 3.63) is 65.7 Å². The fourth-order valence-corrected chi connectivity index (χ4v) is 2.54. The van der Waals surface area contributed by atoms with Crippen LogP contribution in [0, 0.1) is 12.8 Å². The van der Waals surface area contributed by atoms with Crippen LogP contribution in [-0.2, 0) is 16.1 Å². The molecule has 0 aliphatic rings. The van der Waals surface area contributed by atoms with Crippen LogP contribution in [0.4, 0.5) is 10.5 Å². The van der Waals surface area contributed by atoms with Crippen LogP contribution in [0.3, 0.4) is 0 Å². The molecule has 0 radical (unpaired) electrons. The van der Waals surface area contributed by atoms with Crippen molar-refractivity contribution >= 4 is 17.7 Å². The van der Waals surface area contributed by atoms with Crippen molar-refractivity contribution in [3.8, 4) is 0 Å². The number of hydrogen-bond donors (Lipinski definition) is 2. The molecule has 0 bridgehead atoms. The van der Waals surface area contributed by atoms with Crippen LogP contribution in [0.25, 0.3) is 0 Å². The van der Waals surface area contributed by atoms with Crippen molar-refractivity contribution in [1.82, 2.24) is 5.32 Å². The summed E-state index contributed by atoms with van der Waals surface area (Å²) in [5, 5.41) is 5.57. The van der Waals surface area contributed by atoms with E-state index < -0.39 is 12.1 Å². The summed E-state index contributed by atoms with van der Waals surface area (Å²) in [7, 11) is 0. The second-order valence-electron chi connectivity index (χ2n) is 6.43. The van der Waals surface area contributed by atoms with E-state index in [-0.39, 0.29) is 18.4 Å². The number of ether oxygens (including phenoxy) is 1. The Bertz CT molecular complexity index is 731. The number of hydrogen-bond acceptors (Lipinski definition) is 3. The largest absolute Gasteiger partial charge is 0.445 e. The zero-order valence-electron chi connectivity index (χ0n) is 15.5. The summed E-state index contributed by atoms with van der Waals surface area (Å²) in [4.78, 5) is 24.8. The minimum atomic E-state index is -0.663. The molecule has 2 N–H and O–H groups in total. The number of benzene rings is 2. The molecule has 0 saturated carbocycles. The van der Waals surface area contributed by atoms with E-state index >= 15 is 0 Å². The van der Waals surface area contributed by atoms with Crippen LogP contribution >= 0.6 is 0 Å². The molecule has 5 heteroatoms. The van der Waals surface area contributed by atoms with Crippen LogP contribution < -0.4 is 10.6 Å². The Morgan fingerprint density at radius 1 is 1.08 bits per heavy atom. The molecule has 0 heterocycles. The number of aryl methyl sites for hydroxylation is 1. The number of amides is 2. The molecule has 0 spiro atoms. The Morgan fingerprint density at radius 2 is 1.81 bits per heavy atom. The van der Waals surface area contributed by atoms with Gasteiger partial charge in [0, 0.05) is 5.69 Å². The van der Waals surface area contributed by atoms with Gasteiger partial charge in [-0.3, -0.25) is 4.79 Å². The van der Waals surface area contributed by atoms with E-state index in [1.165, 1.54) is 0 Å². The van der Waals surface area contributed by atoms with Gasteiger partial charge in [-0.15, -0.1) is 0 Å². The molecule has 0 aromatic heterocycles. The second kappa shape index (κ2) is 9.61. The number of rotatable bonds is 7. The molecule has 2 aromatic carbocycles. The third-order valence-corrected chi connectivity index (χ3v) is 4.27. The van der Waals surface area contributed by atoms with Gasteiger partial charge in [0.1, 0.15) is 12.6 Å². The van der Waals surface area contributed by atoms with Crippen molar-refractivity contribution in [2.75, 3.05) is 5.32 Å². The van der Waals surface area contributed by atoms with Crippen molar-refractivity contribution in [2.24, 2.45) is 5.92 Å². The predicted molar refractivity (Wildman–Crippen MR) is 103 cm³/mol. The minimum absolute atomic E-state index is 0.0240. The molecular formula is C21H26N2O3. The van der Waals surface area contributed by atoms with Crippen LogP contribution in [0.15, 0.2) is 54.6 Å². The molecule has 2 aromatic rings. The normalized spacial score (nSPS) is 12.7. The first-order chi connectivity index (χ1) is 12.5. The highest BCUT2D eigenvalue weighted by atomic mass is 16.5. The number of anilines is 1. The Hall–Kier alpha value is -2.82. The van der Waals surface area contributed by atoms with Gasteiger partial charge in [-0.25, -0.2) is 4.79 Å². The maximum Gasteiger partial charge on any atom is 0.408 e. The van der Waals surface area contributed by atoms with Gasteiger partial charge in [-0.1, -0.05) is 62.7 Å². The third kappa shape index (κ3) is 5.92. The van der Waals surface area contributed by atoms with Crippen LogP contribution in [0.1, 0.15) is 31.4 Å². The van der Waals surface area contributed by atoms with Crippen LogP contribution in [-0.4, -0.2) is 18.0 Å². The van der Waals surface area contributed by atoms with Gasteiger partial charge in [0.25, 0.3) is 0 Å². The highest BCUT2D eigenvalue weighted by Crippen LogP contribution is 2.14. The molecule has 0 aliphatic heterocycles. The summed E-state index contributed by atoms with van der Waals surface area (Å²) in [5.74, 6) is -0.273. The predicted octanol–water partition coefficient (Wildman–Crippen LogP) is 4.27. The number of alkyl carbamates (subject to hydrolysis) is 1. The molecule has 2 amide bonds. The summed E-state index contributed by atoms with van der Waals surface area (Å²) in [6, 6.07) is 16.3. The summed E-state index contributed by atoms with van der Waals surface area (Å²) >= 11 is 0. The highest BCUT2D eigenvalue weighted by Gasteiger charge is 2.26. The maximum atomic E-state index is 12.7. The Kier molecular flexibility index (Phi) is 7.21. The molecule has 2 atom stereocenters. The molecule has 138 valence electrons. The van der Waals surface area contributed by atoms with E-state index in [1.54, 1.807) is 0 Å². The van der Waals surface area contributed by atoms with Gasteiger partial charge < -0.3 is 15.4 Å². The molecule has 5 nitrogen and oxygen atoms in total. The first-order valence-corrected chi connectivity index (χ1v) is 8.84. The van der Waals surface area contributed by atoms with E-state index in [0.29, 0.717) is 5.69 Å². The lowest BCUT2D eigenvalue weighted by Crippen LogP contribution is -2.47. The average molecular weight is 354 g/mol. The fourth-order valence-electron chi connectivity index (χ4n) is 2.54. The standard InChI is InChI=1S/C21H26N2O3/c1-4-16(3)19(20(24)22-18-12-8-9-15(2)13-18)23-21(25)26-14-17-10-6-5-7-11-17/h5-13,16,19H,4,14H2,1-3H3,(H,22,24)(H,23,25)/t16-,19-/m0/s1. The van der Waals surface area contributed by atoms with Crippen molar-refractivity contribution in [3.63, 3.8) is 0 Å². The fraction of sp³-hybridized carbons (Fsp3) is 0.333. The van der Waals surface area contributed by atoms with Crippen LogP contribution in [0.2, 0.25) is 0 Å². The van der Waals surface area contributed by atoms with E-state index in [4.69, 9.17) is 4.74 Å². The lowest BCUT2D eigenvalue weighted by molar-refractivity contribution is -0.119. The summed E-state index contributed by atoms with van der Waals surface area (Å²) < 4.78 is 5.24. The van der Waals surface area contributed by atoms with Gasteiger partial charge in [0.15, 0.2) is 0 Å². The zero-order chi connectivity index (χ0) is 18.9. The third-order valence-electron chi connectivity index (χ3n) is 4.27. The number of nitrogens with one attached hydrogen (secondary N) is 2. The first-order valence-electron chi connectivity index (χ1n) is 8.84. The van der Waals surface area contributed by atoms with Gasteiger partial charge in [0.2, 0.25) is 5.91 Å². The SMILES string of the molecule is CC[C@H](C)[C@H](NC(=O)OCc1ccccc1)C(=O)Nc1cccc(C)c1. The molecule has 0 fully saturated rings.